The standard InChI is InChI=1S/C15H18N6OS/c1-20-5-6-22-12(9-20)8-16-13-2-3-14-17-18-15(21(14)19-13)11-4-7-23-10-11/h2-4,7,10,12H,5-6,8-9H2,1H3,(H,16,19). The lowest BCUT2D eigenvalue weighted by atomic mass is 10.3. The summed E-state index contributed by atoms with van der Waals surface area (Å²) >= 11 is 1.63. The normalized spacial score (nSPS) is 19.3. The summed E-state index contributed by atoms with van der Waals surface area (Å²) in [4.78, 5) is 2.28. The van der Waals surface area contributed by atoms with Crippen molar-refractivity contribution in [2.75, 3.05) is 38.6 Å². The second kappa shape index (κ2) is 6.23. The molecule has 1 fully saturated rings. The third-order valence-corrected chi connectivity index (χ3v) is 4.58. The maximum absolute atomic E-state index is 5.76. The molecule has 0 saturated carbocycles. The number of nitrogens with zero attached hydrogens (tertiary/aromatic N) is 5. The highest BCUT2D eigenvalue weighted by molar-refractivity contribution is 7.08. The van der Waals surface area contributed by atoms with Gasteiger partial charge in [-0.3, -0.25) is 0 Å². The van der Waals surface area contributed by atoms with E-state index < -0.39 is 0 Å². The maximum atomic E-state index is 5.76. The van der Waals surface area contributed by atoms with Gasteiger partial charge in [0.15, 0.2) is 11.5 Å². The van der Waals surface area contributed by atoms with E-state index in [-0.39, 0.29) is 6.10 Å². The van der Waals surface area contributed by atoms with Crippen molar-refractivity contribution >= 4 is 22.8 Å². The molecule has 0 spiro atoms. The molecule has 0 amide bonds. The maximum Gasteiger partial charge on any atom is 0.186 e. The van der Waals surface area contributed by atoms with Gasteiger partial charge in [-0.05, 0) is 30.6 Å². The van der Waals surface area contributed by atoms with E-state index in [2.05, 4.69) is 32.6 Å². The Morgan fingerprint density at radius 1 is 1.35 bits per heavy atom. The van der Waals surface area contributed by atoms with Gasteiger partial charge in [0.05, 0.1) is 12.7 Å². The molecule has 1 N–H and O–H groups in total. The van der Waals surface area contributed by atoms with Gasteiger partial charge in [-0.15, -0.1) is 15.3 Å². The van der Waals surface area contributed by atoms with Crippen LogP contribution in [-0.2, 0) is 4.74 Å². The van der Waals surface area contributed by atoms with E-state index in [9.17, 15) is 0 Å². The molecular weight excluding hydrogens is 312 g/mol. The van der Waals surface area contributed by atoms with Gasteiger partial charge in [0.25, 0.3) is 0 Å². The van der Waals surface area contributed by atoms with Gasteiger partial charge in [0.1, 0.15) is 5.82 Å². The summed E-state index contributed by atoms with van der Waals surface area (Å²) in [5.41, 5.74) is 1.77. The third kappa shape index (κ3) is 3.05. The van der Waals surface area contributed by atoms with Crippen molar-refractivity contribution in [1.29, 1.82) is 0 Å². The van der Waals surface area contributed by atoms with Crippen molar-refractivity contribution in [3.63, 3.8) is 0 Å². The molecule has 1 aliphatic heterocycles. The van der Waals surface area contributed by atoms with Crippen LogP contribution in [0.3, 0.4) is 0 Å². The Hall–Kier alpha value is -2.03. The zero-order valence-corrected chi connectivity index (χ0v) is 13.7. The lowest BCUT2D eigenvalue weighted by Gasteiger charge is -2.30. The molecule has 8 heteroatoms. The number of aromatic nitrogens is 4. The largest absolute Gasteiger partial charge is 0.374 e. The summed E-state index contributed by atoms with van der Waals surface area (Å²) in [6, 6.07) is 5.87. The fourth-order valence-corrected chi connectivity index (χ4v) is 3.30. The molecule has 4 heterocycles. The molecule has 0 aliphatic carbocycles. The van der Waals surface area contributed by atoms with Gasteiger partial charge in [0.2, 0.25) is 0 Å². The highest BCUT2D eigenvalue weighted by atomic mass is 32.1. The highest BCUT2D eigenvalue weighted by Gasteiger charge is 2.17. The molecule has 7 nitrogen and oxygen atoms in total. The van der Waals surface area contributed by atoms with Gasteiger partial charge in [-0.25, -0.2) is 0 Å². The topological polar surface area (TPSA) is 67.6 Å². The molecule has 3 aromatic heterocycles. The van der Waals surface area contributed by atoms with Crippen LogP contribution in [0.5, 0.6) is 0 Å². The number of morpholine rings is 1. The molecule has 0 aromatic carbocycles. The average molecular weight is 330 g/mol. The van der Waals surface area contributed by atoms with Gasteiger partial charge in [0, 0.05) is 30.6 Å². The van der Waals surface area contributed by atoms with Crippen molar-refractivity contribution in [2.45, 2.75) is 6.10 Å². The van der Waals surface area contributed by atoms with Crippen LogP contribution in [0.25, 0.3) is 17.0 Å². The van der Waals surface area contributed by atoms with Crippen LogP contribution in [0, 0.1) is 0 Å². The number of fused-ring (bicyclic) bond motifs is 1. The minimum Gasteiger partial charge on any atom is -0.374 e. The first-order valence-electron chi connectivity index (χ1n) is 7.58. The number of hydrogen-bond acceptors (Lipinski definition) is 7. The first kappa shape index (κ1) is 14.6. The van der Waals surface area contributed by atoms with Crippen molar-refractivity contribution in [3.8, 4) is 11.4 Å². The van der Waals surface area contributed by atoms with Crippen LogP contribution in [-0.4, -0.2) is 64.1 Å². The third-order valence-electron chi connectivity index (χ3n) is 3.89. The second-order valence-corrected chi connectivity index (χ2v) is 6.44. The van der Waals surface area contributed by atoms with Crippen LogP contribution >= 0.6 is 11.3 Å². The van der Waals surface area contributed by atoms with E-state index in [1.165, 1.54) is 0 Å². The number of thiophene rings is 1. The van der Waals surface area contributed by atoms with Crippen LogP contribution in [0.15, 0.2) is 29.0 Å². The molecule has 0 bridgehead atoms. The van der Waals surface area contributed by atoms with E-state index >= 15 is 0 Å². The predicted molar refractivity (Wildman–Crippen MR) is 89.8 cm³/mol. The summed E-state index contributed by atoms with van der Waals surface area (Å²) < 4.78 is 7.54. The van der Waals surface area contributed by atoms with Crippen LogP contribution in [0.1, 0.15) is 0 Å². The SMILES string of the molecule is CN1CCOC(CNc2ccc3nnc(-c4ccsc4)n3n2)C1. The Balaban J connectivity index is 1.53. The van der Waals surface area contributed by atoms with E-state index in [1.807, 2.05) is 29.0 Å². The summed E-state index contributed by atoms with van der Waals surface area (Å²) in [7, 11) is 2.12. The van der Waals surface area contributed by atoms with E-state index in [1.54, 1.807) is 15.9 Å². The van der Waals surface area contributed by atoms with Crippen molar-refractivity contribution < 1.29 is 4.74 Å². The summed E-state index contributed by atoms with van der Waals surface area (Å²) in [6.45, 7) is 3.44. The summed E-state index contributed by atoms with van der Waals surface area (Å²) in [5, 5.41) is 20.4. The number of anilines is 1. The van der Waals surface area contributed by atoms with Gasteiger partial charge in [-0.2, -0.15) is 15.9 Å². The molecule has 4 rings (SSSR count). The second-order valence-electron chi connectivity index (χ2n) is 5.66. The monoisotopic (exact) mass is 330 g/mol. The molecular formula is C15H18N6OS. The highest BCUT2D eigenvalue weighted by Crippen LogP contribution is 2.20. The van der Waals surface area contributed by atoms with Gasteiger partial charge in [-0.1, -0.05) is 0 Å². The van der Waals surface area contributed by atoms with E-state index in [0.29, 0.717) is 0 Å². The predicted octanol–water partition coefficient (Wildman–Crippen LogP) is 1.60. The quantitative estimate of drug-likeness (QED) is 0.784. The van der Waals surface area contributed by atoms with Crippen molar-refractivity contribution in [3.05, 3.63) is 29.0 Å². The smallest absolute Gasteiger partial charge is 0.186 e. The first-order chi connectivity index (χ1) is 11.3. The minimum absolute atomic E-state index is 0.184. The molecule has 1 saturated heterocycles. The molecule has 120 valence electrons. The minimum atomic E-state index is 0.184. The molecule has 3 aromatic rings. The Morgan fingerprint density at radius 3 is 3.13 bits per heavy atom. The number of hydrogen-bond donors (Lipinski definition) is 1. The molecule has 23 heavy (non-hydrogen) atoms. The molecule has 1 unspecified atom stereocenters. The zero-order chi connectivity index (χ0) is 15.6. The molecule has 1 atom stereocenters. The lowest BCUT2D eigenvalue weighted by Crippen LogP contribution is -2.43. The lowest BCUT2D eigenvalue weighted by molar-refractivity contribution is -0.0117. The average Bonchev–Trinajstić information content (AvgIpc) is 3.21. The van der Waals surface area contributed by atoms with Gasteiger partial charge >= 0.3 is 0 Å². The fourth-order valence-electron chi connectivity index (χ4n) is 2.66. The Kier molecular flexibility index (Phi) is 3.94. The first-order valence-corrected chi connectivity index (χ1v) is 8.53. The Morgan fingerprint density at radius 2 is 2.30 bits per heavy atom. The summed E-state index contributed by atoms with van der Waals surface area (Å²) in [6.07, 6.45) is 0.184. The fraction of sp³-hybridized carbons (Fsp3) is 0.400. The number of likely N-dealkylation sites (N-methyl/N-ethyl adjacent to an activating group) is 1. The number of ether oxygens (including phenoxy) is 1. The molecule has 1 aliphatic rings. The van der Waals surface area contributed by atoms with Crippen LogP contribution in [0.2, 0.25) is 0 Å². The van der Waals surface area contributed by atoms with Crippen molar-refractivity contribution in [2.24, 2.45) is 0 Å². The van der Waals surface area contributed by atoms with Crippen LogP contribution < -0.4 is 5.32 Å². The van der Waals surface area contributed by atoms with Gasteiger partial charge < -0.3 is 15.0 Å². The van der Waals surface area contributed by atoms with E-state index in [0.717, 1.165) is 49.1 Å². The number of rotatable bonds is 4. The Bertz CT molecular complexity index is 786. The van der Waals surface area contributed by atoms with Crippen LogP contribution in [0.4, 0.5) is 5.82 Å². The molecule has 0 radical (unpaired) electrons. The van der Waals surface area contributed by atoms with E-state index in [4.69, 9.17) is 4.74 Å². The zero-order valence-electron chi connectivity index (χ0n) is 12.8. The Labute approximate surface area is 137 Å². The summed E-state index contributed by atoms with van der Waals surface area (Å²) in [5.74, 6) is 1.56. The number of nitrogens with one attached hydrogen (secondary N) is 1. The van der Waals surface area contributed by atoms with Crippen molar-refractivity contribution in [1.82, 2.24) is 24.7 Å².